The summed E-state index contributed by atoms with van der Waals surface area (Å²) in [6.07, 6.45) is 1.01. The largest absolute Gasteiger partial charge is 0.494 e. The normalized spacial score (nSPS) is 13.2. The molecule has 0 fully saturated rings. The van der Waals surface area contributed by atoms with Crippen molar-refractivity contribution < 1.29 is 27.5 Å². The highest BCUT2D eigenvalue weighted by Gasteiger charge is 2.36. The lowest BCUT2D eigenvalue weighted by Gasteiger charge is -2.13. The third-order valence-corrected chi connectivity index (χ3v) is 9.59. The molecule has 0 unspecified atom stereocenters. The minimum absolute atomic E-state index is 0.190. The van der Waals surface area contributed by atoms with E-state index < -0.39 is 38.9 Å². The van der Waals surface area contributed by atoms with E-state index in [9.17, 15) is 22.8 Å². The maximum atomic E-state index is 13.4. The minimum atomic E-state index is -3.96. The number of Topliss-reactive ketones (excluding diaryl/α,β-unsaturated/α-hetero) is 1. The Labute approximate surface area is 253 Å². The number of ketones is 1. The molecule has 1 aliphatic rings. The summed E-state index contributed by atoms with van der Waals surface area (Å²) >= 11 is 12.4. The van der Waals surface area contributed by atoms with Crippen molar-refractivity contribution in [2.45, 2.75) is 26.7 Å². The van der Waals surface area contributed by atoms with Crippen LogP contribution in [0.2, 0.25) is 10.0 Å². The van der Waals surface area contributed by atoms with Crippen LogP contribution in [0.4, 0.5) is 0 Å². The van der Waals surface area contributed by atoms with E-state index in [0.717, 1.165) is 21.4 Å². The van der Waals surface area contributed by atoms with E-state index in [1.54, 1.807) is 30.3 Å². The number of halogens is 2. The first kappa shape index (κ1) is 29.8. The highest BCUT2D eigenvalue weighted by molar-refractivity contribution is 7.92. The van der Waals surface area contributed by atoms with Crippen molar-refractivity contribution in [3.63, 3.8) is 0 Å². The minimum Gasteiger partial charge on any atom is -0.494 e. The van der Waals surface area contributed by atoms with E-state index in [2.05, 4.69) is 4.98 Å². The van der Waals surface area contributed by atoms with Gasteiger partial charge in [0, 0.05) is 27.5 Å². The number of fused-ring (bicyclic) bond motifs is 2. The maximum absolute atomic E-state index is 13.4. The van der Waals surface area contributed by atoms with Crippen LogP contribution in [-0.2, 0) is 16.3 Å². The first-order valence-corrected chi connectivity index (χ1v) is 15.9. The number of hydrogen-bond acceptors (Lipinski definition) is 6. The van der Waals surface area contributed by atoms with Crippen LogP contribution in [0.25, 0.3) is 10.9 Å². The smallest absolute Gasteiger partial charge is 0.261 e. The molecule has 1 N–H and O–H groups in total. The van der Waals surface area contributed by atoms with Gasteiger partial charge in [0.25, 0.3) is 11.8 Å². The average Bonchev–Trinajstić information content (AvgIpc) is 3.42. The average molecular weight is 628 g/mol. The fraction of sp³-hybridized carbons (Fsp3) is 0.258. The zero-order valence-corrected chi connectivity index (χ0v) is 25.3. The van der Waals surface area contributed by atoms with Crippen LogP contribution in [0.15, 0.2) is 54.6 Å². The van der Waals surface area contributed by atoms with Gasteiger partial charge in [0.05, 0.1) is 29.2 Å². The van der Waals surface area contributed by atoms with Crippen molar-refractivity contribution >= 4 is 61.5 Å². The number of benzene rings is 3. The molecular formula is C31H28Cl2N2O6S. The molecule has 42 heavy (non-hydrogen) atoms. The Morgan fingerprint density at radius 3 is 2.24 bits per heavy atom. The molecule has 218 valence electrons. The van der Waals surface area contributed by atoms with E-state index in [1.165, 1.54) is 12.1 Å². The lowest BCUT2D eigenvalue weighted by Crippen LogP contribution is -2.35. The van der Waals surface area contributed by atoms with Gasteiger partial charge in [-0.1, -0.05) is 41.4 Å². The van der Waals surface area contributed by atoms with Gasteiger partial charge in [0.2, 0.25) is 0 Å². The van der Waals surface area contributed by atoms with Gasteiger partial charge in [0.15, 0.2) is 15.6 Å². The predicted octanol–water partition coefficient (Wildman–Crippen LogP) is 6.00. The van der Waals surface area contributed by atoms with E-state index in [0.29, 0.717) is 46.3 Å². The van der Waals surface area contributed by atoms with Crippen molar-refractivity contribution in [3.8, 4) is 5.75 Å². The van der Waals surface area contributed by atoms with Gasteiger partial charge in [-0.2, -0.15) is 0 Å². The molecule has 2 amide bonds. The number of carbonyl (C=O) groups is 3. The molecule has 8 nitrogen and oxygen atoms in total. The van der Waals surface area contributed by atoms with E-state index in [-0.39, 0.29) is 23.4 Å². The maximum Gasteiger partial charge on any atom is 0.261 e. The molecular weight excluding hydrogens is 599 g/mol. The topological polar surface area (TPSA) is 114 Å². The monoisotopic (exact) mass is 626 g/mol. The molecule has 3 aromatic carbocycles. The van der Waals surface area contributed by atoms with Crippen LogP contribution in [0.5, 0.6) is 5.75 Å². The molecule has 11 heteroatoms. The molecule has 0 spiro atoms. The number of imide groups is 1. The first-order valence-electron chi connectivity index (χ1n) is 13.3. The Morgan fingerprint density at radius 1 is 0.952 bits per heavy atom. The van der Waals surface area contributed by atoms with E-state index >= 15 is 0 Å². The molecule has 0 radical (unpaired) electrons. The first-order chi connectivity index (χ1) is 19.9. The summed E-state index contributed by atoms with van der Waals surface area (Å²) in [7, 11) is -3.96. The number of nitrogens with zero attached hydrogens (tertiary/aromatic N) is 1. The van der Waals surface area contributed by atoms with E-state index in [1.807, 2.05) is 26.0 Å². The zero-order valence-electron chi connectivity index (χ0n) is 23.0. The summed E-state index contributed by atoms with van der Waals surface area (Å²) in [5, 5.41) is 1.94. The van der Waals surface area contributed by atoms with Crippen LogP contribution < -0.4 is 4.74 Å². The summed E-state index contributed by atoms with van der Waals surface area (Å²) in [6.45, 7) is 3.85. The van der Waals surface area contributed by atoms with Gasteiger partial charge in [-0.25, -0.2) is 8.42 Å². The number of sulfone groups is 1. The molecule has 1 aliphatic heterocycles. The van der Waals surface area contributed by atoms with Gasteiger partial charge in [-0.3, -0.25) is 19.3 Å². The fourth-order valence-corrected chi connectivity index (χ4v) is 6.60. The Balaban J connectivity index is 1.28. The second-order valence-corrected chi connectivity index (χ2v) is 13.3. The Morgan fingerprint density at radius 2 is 1.60 bits per heavy atom. The van der Waals surface area contributed by atoms with Gasteiger partial charge in [0.1, 0.15) is 11.5 Å². The molecule has 0 saturated carbocycles. The summed E-state index contributed by atoms with van der Waals surface area (Å²) in [6, 6.07) is 15.3. The van der Waals surface area contributed by atoms with Crippen molar-refractivity contribution in [3.05, 3.63) is 98.2 Å². The van der Waals surface area contributed by atoms with Crippen LogP contribution in [0.3, 0.4) is 0 Å². The Hall–Kier alpha value is -3.66. The van der Waals surface area contributed by atoms with Gasteiger partial charge in [-0.15, -0.1) is 0 Å². The molecule has 0 atom stereocenters. The number of rotatable bonds is 11. The number of carbonyl (C=O) groups excluding carboxylic acids is 3. The standard InChI is InChI=1S/C31H28Cl2N2O6S/c1-18-14-21(15-19(2)28(18)33)41-12-5-8-23-22-10-9-20(32)16-26(22)34-29(23)27(36)17-42(39,40)13-11-35-30(37)24-6-3-4-7-25(24)31(35)38/h3-4,6-7,9-10,14-16,34H,5,8,11-13,17H2,1-2H3. The third kappa shape index (κ3) is 6.09. The van der Waals surface area contributed by atoms with Crippen molar-refractivity contribution in [1.82, 2.24) is 9.88 Å². The number of aryl methyl sites for hydroxylation is 3. The zero-order chi connectivity index (χ0) is 30.2. The number of nitrogens with one attached hydrogen (secondary N) is 1. The van der Waals surface area contributed by atoms with Crippen LogP contribution in [-0.4, -0.2) is 60.6 Å². The molecule has 2 heterocycles. The molecule has 0 bridgehead atoms. The number of aromatic nitrogens is 1. The second-order valence-electron chi connectivity index (χ2n) is 10.3. The van der Waals surface area contributed by atoms with E-state index in [4.69, 9.17) is 27.9 Å². The van der Waals surface area contributed by atoms with Crippen molar-refractivity contribution in [1.29, 1.82) is 0 Å². The number of H-pyrrole nitrogens is 1. The third-order valence-electron chi connectivity index (χ3n) is 7.25. The molecule has 4 aromatic rings. The fourth-order valence-electron chi connectivity index (χ4n) is 5.17. The number of amides is 2. The second kappa shape index (κ2) is 11.9. The van der Waals surface area contributed by atoms with Crippen LogP contribution >= 0.6 is 23.2 Å². The molecule has 0 saturated heterocycles. The predicted molar refractivity (Wildman–Crippen MR) is 163 cm³/mol. The van der Waals surface area contributed by atoms with Crippen LogP contribution in [0.1, 0.15) is 54.3 Å². The molecule has 5 rings (SSSR count). The summed E-state index contributed by atoms with van der Waals surface area (Å²) in [5.41, 5.74) is 3.79. The van der Waals surface area contributed by atoms with Crippen LogP contribution in [0, 0.1) is 13.8 Å². The lowest BCUT2D eigenvalue weighted by molar-refractivity contribution is 0.0664. The lowest BCUT2D eigenvalue weighted by atomic mass is 10.0. The summed E-state index contributed by atoms with van der Waals surface area (Å²) in [4.78, 5) is 42.6. The summed E-state index contributed by atoms with van der Waals surface area (Å²) < 4.78 is 31.9. The quantitative estimate of drug-likeness (QED) is 0.124. The Kier molecular flexibility index (Phi) is 8.46. The molecule has 1 aromatic heterocycles. The highest BCUT2D eigenvalue weighted by atomic mass is 35.5. The number of hydrogen-bond donors (Lipinski definition) is 1. The molecule has 0 aliphatic carbocycles. The number of aromatic amines is 1. The Bertz CT molecular complexity index is 1790. The van der Waals surface area contributed by atoms with Gasteiger partial charge < -0.3 is 9.72 Å². The summed E-state index contributed by atoms with van der Waals surface area (Å²) in [5.74, 6) is -2.30. The number of ether oxygens (including phenoxy) is 1. The van der Waals surface area contributed by atoms with Gasteiger partial charge >= 0.3 is 0 Å². The van der Waals surface area contributed by atoms with Crippen molar-refractivity contribution in [2.24, 2.45) is 0 Å². The van der Waals surface area contributed by atoms with Crippen molar-refractivity contribution in [2.75, 3.05) is 24.7 Å². The SMILES string of the molecule is Cc1cc(OCCCc2c(C(=O)CS(=O)(=O)CCN3C(=O)c4ccccc4C3=O)[nH]c3cc(Cl)ccc23)cc(C)c1Cl. The van der Waals surface area contributed by atoms with Gasteiger partial charge in [-0.05, 0) is 79.8 Å². The highest BCUT2D eigenvalue weighted by Crippen LogP contribution is 2.29.